The van der Waals surface area contributed by atoms with E-state index in [1.54, 1.807) is 0 Å². The number of halogens is 1. The molecule has 0 bridgehead atoms. The Hall–Kier alpha value is -0.320. The van der Waals surface area contributed by atoms with Gasteiger partial charge in [-0.3, -0.25) is 4.79 Å². The van der Waals surface area contributed by atoms with Crippen molar-refractivity contribution < 1.29 is 9.53 Å². The van der Waals surface area contributed by atoms with Crippen LogP contribution in [0.3, 0.4) is 0 Å². The maximum Gasteiger partial charge on any atom is 0.237 e. The summed E-state index contributed by atoms with van der Waals surface area (Å²) in [6.45, 7) is 3.50. The summed E-state index contributed by atoms with van der Waals surface area (Å²) in [5.74, 6) is 0.799. The van der Waals surface area contributed by atoms with E-state index in [-0.39, 0.29) is 24.4 Å². The molecule has 5 heteroatoms. The first-order chi connectivity index (χ1) is 7.86. The van der Waals surface area contributed by atoms with Crippen LogP contribution in [0.1, 0.15) is 32.1 Å². The summed E-state index contributed by atoms with van der Waals surface area (Å²) in [7, 11) is 0. The molecule has 2 aliphatic heterocycles. The normalized spacial score (nSPS) is 26.0. The highest BCUT2D eigenvalue weighted by atomic mass is 35.5. The number of rotatable bonds is 3. The number of carbonyl (C=O) groups is 1. The molecule has 4 nitrogen and oxygen atoms in total. The van der Waals surface area contributed by atoms with Crippen LogP contribution in [0.15, 0.2) is 0 Å². The number of hydrogen-bond donors (Lipinski definition) is 2. The van der Waals surface area contributed by atoms with E-state index in [9.17, 15) is 4.79 Å². The molecular weight excluding hydrogens is 240 g/mol. The van der Waals surface area contributed by atoms with Gasteiger partial charge >= 0.3 is 0 Å². The van der Waals surface area contributed by atoms with Gasteiger partial charge in [0.25, 0.3) is 0 Å². The quantitative estimate of drug-likeness (QED) is 0.801. The third kappa shape index (κ3) is 4.82. The third-order valence-corrected chi connectivity index (χ3v) is 3.53. The van der Waals surface area contributed by atoms with Crippen molar-refractivity contribution >= 4 is 18.3 Å². The lowest BCUT2D eigenvalue weighted by molar-refractivity contribution is -0.124. The van der Waals surface area contributed by atoms with E-state index < -0.39 is 0 Å². The van der Waals surface area contributed by atoms with Gasteiger partial charge in [0, 0.05) is 19.8 Å². The van der Waals surface area contributed by atoms with Crippen molar-refractivity contribution in [2.75, 3.05) is 26.3 Å². The fourth-order valence-electron chi connectivity index (χ4n) is 2.39. The molecule has 0 spiro atoms. The van der Waals surface area contributed by atoms with E-state index in [0.29, 0.717) is 5.92 Å². The highest BCUT2D eigenvalue weighted by Crippen LogP contribution is 2.13. The van der Waals surface area contributed by atoms with Gasteiger partial charge in [0.1, 0.15) is 0 Å². The average molecular weight is 263 g/mol. The molecule has 1 atom stereocenters. The Balaban J connectivity index is 0.00000144. The minimum Gasteiger partial charge on any atom is -0.381 e. The summed E-state index contributed by atoms with van der Waals surface area (Å²) >= 11 is 0. The van der Waals surface area contributed by atoms with Gasteiger partial charge in [-0.2, -0.15) is 0 Å². The van der Waals surface area contributed by atoms with E-state index in [4.69, 9.17) is 4.74 Å². The summed E-state index contributed by atoms with van der Waals surface area (Å²) in [6, 6.07) is 0.0496. The first-order valence-corrected chi connectivity index (χ1v) is 6.45. The van der Waals surface area contributed by atoms with Crippen LogP contribution in [0, 0.1) is 5.92 Å². The maximum atomic E-state index is 11.8. The molecular formula is C12H23ClN2O2. The fourth-order valence-corrected chi connectivity index (χ4v) is 2.39. The highest BCUT2D eigenvalue weighted by Gasteiger charge is 2.21. The van der Waals surface area contributed by atoms with Crippen LogP contribution in [0.4, 0.5) is 0 Å². The minimum atomic E-state index is 0. The lowest BCUT2D eigenvalue weighted by Crippen LogP contribution is -2.47. The summed E-state index contributed by atoms with van der Waals surface area (Å²) in [4.78, 5) is 11.8. The molecule has 0 radical (unpaired) electrons. The Bertz CT molecular complexity index is 227. The van der Waals surface area contributed by atoms with E-state index in [2.05, 4.69) is 10.6 Å². The fraction of sp³-hybridized carbons (Fsp3) is 0.917. The van der Waals surface area contributed by atoms with Crippen molar-refractivity contribution in [3.8, 4) is 0 Å². The first-order valence-electron chi connectivity index (χ1n) is 6.45. The van der Waals surface area contributed by atoms with Gasteiger partial charge in [0.05, 0.1) is 6.04 Å². The van der Waals surface area contributed by atoms with Gasteiger partial charge < -0.3 is 15.4 Å². The third-order valence-electron chi connectivity index (χ3n) is 3.53. The molecule has 0 aromatic carbocycles. The zero-order chi connectivity index (χ0) is 11.2. The van der Waals surface area contributed by atoms with E-state index in [1.807, 2.05) is 0 Å². The SMILES string of the molecule is Cl.O=C(NCC1CCOCC1)C1CCCCN1. The van der Waals surface area contributed by atoms with Crippen LogP contribution >= 0.6 is 12.4 Å². The molecule has 2 saturated heterocycles. The topological polar surface area (TPSA) is 50.4 Å². The molecule has 0 aromatic heterocycles. The average Bonchev–Trinajstić information content (AvgIpc) is 2.38. The largest absolute Gasteiger partial charge is 0.381 e. The molecule has 2 N–H and O–H groups in total. The van der Waals surface area contributed by atoms with E-state index >= 15 is 0 Å². The number of carbonyl (C=O) groups excluding carboxylic acids is 1. The molecule has 2 rings (SSSR count). The zero-order valence-electron chi connectivity index (χ0n) is 10.2. The molecule has 17 heavy (non-hydrogen) atoms. The Morgan fingerprint density at radius 1 is 1.24 bits per heavy atom. The van der Waals surface area contributed by atoms with Gasteiger partial charge in [0.15, 0.2) is 0 Å². The number of nitrogens with one attached hydrogen (secondary N) is 2. The zero-order valence-corrected chi connectivity index (χ0v) is 11.1. The molecule has 2 fully saturated rings. The van der Waals surface area contributed by atoms with Crippen molar-refractivity contribution in [3.63, 3.8) is 0 Å². The van der Waals surface area contributed by atoms with Crippen LogP contribution < -0.4 is 10.6 Å². The molecule has 1 unspecified atom stereocenters. The van der Waals surface area contributed by atoms with Crippen LogP contribution in [0.2, 0.25) is 0 Å². The molecule has 0 aliphatic carbocycles. The number of amides is 1. The van der Waals surface area contributed by atoms with Crippen LogP contribution in [-0.4, -0.2) is 38.3 Å². The number of ether oxygens (including phenoxy) is 1. The second-order valence-electron chi connectivity index (χ2n) is 4.80. The standard InChI is InChI=1S/C12H22N2O2.ClH/c15-12(11-3-1-2-6-13-11)14-9-10-4-7-16-8-5-10;/h10-11,13H,1-9H2,(H,14,15);1H. The molecule has 1 amide bonds. The van der Waals surface area contributed by atoms with Gasteiger partial charge in [-0.15, -0.1) is 12.4 Å². The monoisotopic (exact) mass is 262 g/mol. The van der Waals surface area contributed by atoms with Crippen molar-refractivity contribution in [3.05, 3.63) is 0 Å². The smallest absolute Gasteiger partial charge is 0.237 e. The summed E-state index contributed by atoms with van der Waals surface area (Å²) in [5, 5.41) is 6.33. The summed E-state index contributed by atoms with van der Waals surface area (Å²) in [5.41, 5.74) is 0. The Kier molecular flexibility index (Phi) is 6.85. The molecule has 0 saturated carbocycles. The van der Waals surface area contributed by atoms with Gasteiger partial charge in [-0.1, -0.05) is 6.42 Å². The maximum absolute atomic E-state index is 11.8. The van der Waals surface area contributed by atoms with Crippen LogP contribution in [0.25, 0.3) is 0 Å². The van der Waals surface area contributed by atoms with Crippen molar-refractivity contribution in [2.24, 2.45) is 5.92 Å². The Morgan fingerprint density at radius 2 is 2.00 bits per heavy atom. The predicted octanol–water partition coefficient (Wildman–Crippen LogP) is 1.09. The van der Waals surface area contributed by atoms with Gasteiger partial charge in [-0.25, -0.2) is 0 Å². The molecule has 2 heterocycles. The molecule has 2 aliphatic rings. The lowest BCUT2D eigenvalue weighted by Gasteiger charge is -2.25. The number of piperidine rings is 1. The van der Waals surface area contributed by atoms with Crippen LogP contribution in [-0.2, 0) is 9.53 Å². The lowest BCUT2D eigenvalue weighted by atomic mass is 9.99. The predicted molar refractivity (Wildman–Crippen MR) is 69.4 cm³/mol. The summed E-state index contributed by atoms with van der Waals surface area (Å²) < 4.78 is 5.30. The second kappa shape index (κ2) is 7.90. The molecule has 100 valence electrons. The van der Waals surface area contributed by atoms with Gasteiger partial charge in [0.2, 0.25) is 5.91 Å². The minimum absolute atomic E-state index is 0. The Morgan fingerprint density at radius 3 is 2.65 bits per heavy atom. The van der Waals surface area contributed by atoms with Crippen molar-refractivity contribution in [2.45, 2.75) is 38.1 Å². The van der Waals surface area contributed by atoms with Crippen molar-refractivity contribution in [1.29, 1.82) is 0 Å². The summed E-state index contributed by atoms with van der Waals surface area (Å²) in [6.07, 6.45) is 5.52. The molecule has 0 aromatic rings. The highest BCUT2D eigenvalue weighted by molar-refractivity contribution is 5.85. The Labute approximate surface area is 109 Å². The van der Waals surface area contributed by atoms with Gasteiger partial charge in [-0.05, 0) is 38.1 Å². The van der Waals surface area contributed by atoms with E-state index in [1.165, 1.54) is 12.8 Å². The first kappa shape index (κ1) is 14.7. The number of hydrogen-bond acceptors (Lipinski definition) is 3. The van der Waals surface area contributed by atoms with E-state index in [0.717, 1.165) is 45.6 Å². The second-order valence-corrected chi connectivity index (χ2v) is 4.80. The van der Waals surface area contributed by atoms with Crippen LogP contribution in [0.5, 0.6) is 0 Å². The van der Waals surface area contributed by atoms with Crippen molar-refractivity contribution in [1.82, 2.24) is 10.6 Å².